The van der Waals surface area contributed by atoms with Crippen LogP contribution in [0.15, 0.2) is 42.5 Å². The van der Waals surface area contributed by atoms with E-state index in [9.17, 15) is 10.1 Å². The second-order valence-corrected chi connectivity index (χ2v) is 9.59. The van der Waals surface area contributed by atoms with Crippen molar-refractivity contribution >= 4 is 11.6 Å². The van der Waals surface area contributed by atoms with E-state index in [-0.39, 0.29) is 11.8 Å². The summed E-state index contributed by atoms with van der Waals surface area (Å²) in [5.41, 5.74) is 5.13. The number of carbonyl (C=O) groups excluding carboxylic acids is 1. The molecule has 2 aromatic rings. The summed E-state index contributed by atoms with van der Waals surface area (Å²) >= 11 is 0. The average molecular weight is 430 g/mol. The van der Waals surface area contributed by atoms with Crippen LogP contribution in [0.1, 0.15) is 93.5 Å². The Morgan fingerprint density at radius 3 is 2.62 bits per heavy atom. The zero-order valence-electron chi connectivity index (χ0n) is 19.6. The third-order valence-corrected chi connectivity index (χ3v) is 7.42. The molecule has 1 saturated heterocycles. The van der Waals surface area contributed by atoms with Gasteiger partial charge in [0.05, 0.1) is 17.6 Å². The smallest absolute Gasteiger partial charge is 0.232 e. The standard InChI is InChI=1S/C28H35N3O/c1-4-5-15-27(31-19(2)9-6-10-20(31)3)23-13-8-14-26-25(23)17-24(28(32)30-26)22-12-7-11-21(16-22)18-29/h7-8,11-14,16,19-20,24,27H,4-6,9-10,15,17H2,1-3H3,(H,30,32). The quantitative estimate of drug-likeness (QED) is 0.584. The van der Waals surface area contributed by atoms with Gasteiger partial charge in [0.25, 0.3) is 0 Å². The van der Waals surface area contributed by atoms with Gasteiger partial charge < -0.3 is 5.32 Å². The number of unbranched alkanes of at least 4 members (excludes halogenated alkanes) is 1. The normalized spacial score (nSPS) is 24.3. The van der Waals surface area contributed by atoms with Gasteiger partial charge in [0.2, 0.25) is 5.91 Å². The van der Waals surface area contributed by atoms with Crippen LogP contribution in [0.3, 0.4) is 0 Å². The molecule has 0 radical (unpaired) electrons. The third kappa shape index (κ3) is 4.45. The maximum absolute atomic E-state index is 13.0. The minimum absolute atomic E-state index is 0.0227. The highest BCUT2D eigenvalue weighted by Gasteiger charge is 2.35. The molecular formula is C28H35N3O. The van der Waals surface area contributed by atoms with Crippen molar-refractivity contribution < 1.29 is 4.79 Å². The molecule has 0 aliphatic carbocycles. The number of anilines is 1. The van der Waals surface area contributed by atoms with Gasteiger partial charge in [-0.2, -0.15) is 5.26 Å². The number of rotatable bonds is 6. The third-order valence-electron chi connectivity index (χ3n) is 7.42. The Bertz CT molecular complexity index is 998. The van der Waals surface area contributed by atoms with Crippen LogP contribution in [0.2, 0.25) is 0 Å². The first-order chi connectivity index (χ1) is 15.5. The molecule has 2 aliphatic rings. The lowest BCUT2D eigenvalue weighted by Crippen LogP contribution is -2.46. The molecule has 4 nitrogen and oxygen atoms in total. The monoisotopic (exact) mass is 429 g/mol. The van der Waals surface area contributed by atoms with Gasteiger partial charge in [0.15, 0.2) is 0 Å². The Hall–Kier alpha value is -2.64. The highest BCUT2D eigenvalue weighted by molar-refractivity contribution is 5.99. The summed E-state index contributed by atoms with van der Waals surface area (Å²) in [6.45, 7) is 7.02. The fraction of sp³-hybridized carbons (Fsp3) is 0.500. The molecular weight excluding hydrogens is 394 g/mol. The molecule has 4 atom stereocenters. The number of hydrogen-bond donors (Lipinski definition) is 1. The second kappa shape index (κ2) is 9.88. The van der Waals surface area contributed by atoms with Crippen molar-refractivity contribution in [2.45, 2.75) is 89.8 Å². The summed E-state index contributed by atoms with van der Waals surface area (Å²) in [5.74, 6) is -0.241. The van der Waals surface area contributed by atoms with Crippen LogP contribution < -0.4 is 5.32 Å². The van der Waals surface area contributed by atoms with Gasteiger partial charge >= 0.3 is 0 Å². The van der Waals surface area contributed by atoms with Crippen LogP contribution in [-0.4, -0.2) is 22.9 Å². The number of nitriles is 1. The summed E-state index contributed by atoms with van der Waals surface area (Å²) in [4.78, 5) is 15.8. The number of piperidine rings is 1. The van der Waals surface area contributed by atoms with Crippen molar-refractivity contribution in [3.8, 4) is 6.07 Å². The van der Waals surface area contributed by atoms with Gasteiger partial charge in [-0.05, 0) is 74.4 Å². The number of fused-ring (bicyclic) bond motifs is 1. The number of carbonyl (C=O) groups is 1. The maximum Gasteiger partial charge on any atom is 0.232 e. The predicted octanol–water partition coefficient (Wildman–Crippen LogP) is 6.33. The van der Waals surface area contributed by atoms with E-state index in [1.807, 2.05) is 24.3 Å². The van der Waals surface area contributed by atoms with Crippen molar-refractivity contribution in [3.63, 3.8) is 0 Å². The lowest BCUT2D eigenvalue weighted by atomic mass is 9.81. The lowest BCUT2D eigenvalue weighted by molar-refractivity contribution is -0.117. The minimum atomic E-state index is -0.264. The zero-order valence-corrected chi connectivity index (χ0v) is 19.6. The van der Waals surface area contributed by atoms with Crippen LogP contribution in [0.5, 0.6) is 0 Å². The Labute approximate surface area is 192 Å². The van der Waals surface area contributed by atoms with E-state index in [2.05, 4.69) is 49.2 Å². The maximum atomic E-state index is 13.0. The predicted molar refractivity (Wildman–Crippen MR) is 130 cm³/mol. The highest BCUT2D eigenvalue weighted by atomic mass is 16.1. The van der Waals surface area contributed by atoms with Crippen LogP contribution in [0.25, 0.3) is 0 Å². The van der Waals surface area contributed by atoms with Crippen LogP contribution in [0.4, 0.5) is 5.69 Å². The molecule has 1 amide bonds. The Morgan fingerprint density at radius 1 is 1.16 bits per heavy atom. The number of hydrogen-bond acceptors (Lipinski definition) is 3. The van der Waals surface area contributed by atoms with E-state index in [0.717, 1.165) is 17.7 Å². The molecule has 4 unspecified atom stereocenters. The molecule has 4 rings (SSSR count). The first kappa shape index (κ1) is 22.6. The van der Waals surface area contributed by atoms with E-state index in [0.29, 0.717) is 30.1 Å². The number of nitrogens with zero attached hydrogens (tertiary/aromatic N) is 2. The van der Waals surface area contributed by atoms with Gasteiger partial charge in [-0.1, -0.05) is 50.5 Å². The highest BCUT2D eigenvalue weighted by Crippen LogP contribution is 2.42. The molecule has 32 heavy (non-hydrogen) atoms. The van der Waals surface area contributed by atoms with Crippen LogP contribution in [0, 0.1) is 11.3 Å². The largest absolute Gasteiger partial charge is 0.325 e. The molecule has 1 fully saturated rings. The number of benzene rings is 2. The zero-order chi connectivity index (χ0) is 22.7. The fourth-order valence-corrected chi connectivity index (χ4v) is 5.79. The van der Waals surface area contributed by atoms with Crippen molar-refractivity contribution in [2.75, 3.05) is 5.32 Å². The first-order valence-electron chi connectivity index (χ1n) is 12.2. The SMILES string of the molecule is CCCCC(c1cccc2c1CC(c1cccc(C#N)c1)C(=O)N2)N1C(C)CCCC1C. The number of nitrogens with one attached hydrogen (secondary N) is 1. The molecule has 1 N–H and O–H groups in total. The topological polar surface area (TPSA) is 56.1 Å². The molecule has 4 heteroatoms. The van der Waals surface area contributed by atoms with Crippen molar-refractivity contribution in [1.82, 2.24) is 4.90 Å². The van der Waals surface area contributed by atoms with Gasteiger partial charge in [-0.25, -0.2) is 0 Å². The fourth-order valence-electron chi connectivity index (χ4n) is 5.79. The summed E-state index contributed by atoms with van der Waals surface area (Å²) in [6, 6.07) is 17.7. The Balaban J connectivity index is 1.74. The summed E-state index contributed by atoms with van der Waals surface area (Å²) in [7, 11) is 0. The summed E-state index contributed by atoms with van der Waals surface area (Å²) < 4.78 is 0. The van der Waals surface area contributed by atoms with Gasteiger partial charge in [0.1, 0.15) is 0 Å². The van der Waals surface area contributed by atoms with Gasteiger partial charge in [-0.3, -0.25) is 9.69 Å². The molecule has 168 valence electrons. The van der Waals surface area contributed by atoms with E-state index >= 15 is 0 Å². The summed E-state index contributed by atoms with van der Waals surface area (Å²) in [6.07, 6.45) is 8.02. The summed E-state index contributed by atoms with van der Waals surface area (Å²) in [5, 5.41) is 12.5. The Morgan fingerprint density at radius 2 is 1.91 bits per heavy atom. The molecule has 2 aromatic carbocycles. The van der Waals surface area contributed by atoms with Gasteiger partial charge in [-0.15, -0.1) is 0 Å². The van der Waals surface area contributed by atoms with Crippen molar-refractivity contribution in [1.29, 1.82) is 5.26 Å². The van der Waals surface area contributed by atoms with E-state index < -0.39 is 0 Å². The Kier molecular flexibility index (Phi) is 6.96. The van der Waals surface area contributed by atoms with Crippen molar-refractivity contribution in [3.05, 3.63) is 64.7 Å². The second-order valence-electron chi connectivity index (χ2n) is 9.59. The van der Waals surface area contributed by atoms with E-state index in [1.54, 1.807) is 6.07 Å². The van der Waals surface area contributed by atoms with E-state index in [1.165, 1.54) is 43.2 Å². The van der Waals surface area contributed by atoms with Crippen LogP contribution >= 0.6 is 0 Å². The van der Waals surface area contributed by atoms with Crippen LogP contribution in [-0.2, 0) is 11.2 Å². The average Bonchev–Trinajstić information content (AvgIpc) is 2.80. The minimum Gasteiger partial charge on any atom is -0.325 e. The number of likely N-dealkylation sites (tertiary alicyclic amines) is 1. The molecule has 0 saturated carbocycles. The molecule has 0 aromatic heterocycles. The van der Waals surface area contributed by atoms with Crippen molar-refractivity contribution in [2.24, 2.45) is 0 Å². The lowest BCUT2D eigenvalue weighted by Gasteiger charge is -2.45. The first-order valence-corrected chi connectivity index (χ1v) is 12.2. The molecule has 0 bridgehead atoms. The molecule has 2 aliphatic heterocycles. The molecule has 2 heterocycles. The van der Waals surface area contributed by atoms with Gasteiger partial charge in [0, 0.05) is 23.8 Å². The molecule has 0 spiro atoms. The van der Waals surface area contributed by atoms with E-state index in [4.69, 9.17) is 0 Å². The number of amides is 1.